The van der Waals surface area contributed by atoms with Crippen LogP contribution < -0.4 is 0 Å². The molecule has 0 spiro atoms. The lowest BCUT2D eigenvalue weighted by Crippen LogP contribution is -1.97. The molecule has 8 aromatic carbocycles. The highest BCUT2D eigenvalue weighted by Crippen LogP contribution is 2.46. The summed E-state index contributed by atoms with van der Waals surface area (Å²) in [4.78, 5) is 0. The molecule has 0 bridgehead atoms. The number of aromatic nitrogens is 4. The topological polar surface area (TPSA) is 19.7 Å². The van der Waals surface area contributed by atoms with Gasteiger partial charge < -0.3 is 18.3 Å². The summed E-state index contributed by atoms with van der Waals surface area (Å²) in [6.07, 6.45) is 0. The minimum Gasteiger partial charge on any atom is -0.343 e. The fourth-order valence-electron chi connectivity index (χ4n) is 9.67. The Kier molecular flexibility index (Phi) is 5.88. The molecule has 54 heavy (non-hydrogen) atoms. The van der Waals surface area contributed by atoms with Crippen LogP contribution in [-0.2, 0) is 14.1 Å². The van der Waals surface area contributed by atoms with Gasteiger partial charge in [0.05, 0.1) is 33.1 Å². The lowest BCUT2D eigenvalue weighted by Gasteiger charge is -2.13. The van der Waals surface area contributed by atoms with Crippen molar-refractivity contribution < 1.29 is 0 Å². The highest BCUT2D eigenvalue weighted by atomic mass is 15.0. The zero-order valence-electron chi connectivity index (χ0n) is 30.0. The van der Waals surface area contributed by atoms with Crippen molar-refractivity contribution in [3.8, 4) is 22.5 Å². The van der Waals surface area contributed by atoms with Gasteiger partial charge in [-0.15, -0.1) is 0 Å². The molecule has 254 valence electrons. The summed E-state index contributed by atoms with van der Waals surface area (Å²) in [5.41, 5.74) is 14.6. The van der Waals surface area contributed by atoms with Crippen molar-refractivity contribution in [2.75, 3.05) is 0 Å². The van der Waals surface area contributed by atoms with Gasteiger partial charge in [0, 0.05) is 79.6 Å². The summed E-state index contributed by atoms with van der Waals surface area (Å²) < 4.78 is 9.68. The second-order valence-electron chi connectivity index (χ2n) is 14.6. The van der Waals surface area contributed by atoms with Gasteiger partial charge >= 0.3 is 0 Å². The van der Waals surface area contributed by atoms with Gasteiger partial charge in [-0.3, -0.25) is 0 Å². The molecule has 4 heteroatoms. The van der Waals surface area contributed by atoms with Gasteiger partial charge in [-0.05, 0) is 65.7 Å². The number of hydrogen-bond acceptors (Lipinski definition) is 0. The van der Waals surface area contributed by atoms with E-state index in [1.807, 2.05) is 0 Å². The van der Waals surface area contributed by atoms with Crippen LogP contribution in [0.2, 0.25) is 0 Å². The van der Waals surface area contributed by atoms with Gasteiger partial charge in [-0.1, -0.05) is 115 Å². The maximum absolute atomic E-state index is 2.47. The van der Waals surface area contributed by atoms with Crippen LogP contribution in [0.1, 0.15) is 0 Å². The third-order valence-electron chi connectivity index (χ3n) is 12.0. The van der Waals surface area contributed by atoms with E-state index < -0.39 is 0 Å². The molecule has 4 nitrogen and oxygen atoms in total. The van der Waals surface area contributed by atoms with E-state index in [4.69, 9.17) is 0 Å². The fraction of sp³-hybridized carbons (Fsp3) is 0.0400. The van der Waals surface area contributed by atoms with Crippen molar-refractivity contribution in [3.63, 3.8) is 0 Å². The molecule has 0 fully saturated rings. The zero-order valence-corrected chi connectivity index (χ0v) is 30.0. The van der Waals surface area contributed by atoms with Crippen molar-refractivity contribution in [1.29, 1.82) is 0 Å². The molecule has 0 saturated heterocycles. The second-order valence-corrected chi connectivity index (χ2v) is 14.6. The van der Waals surface area contributed by atoms with Crippen LogP contribution in [0.25, 0.3) is 110 Å². The third-order valence-corrected chi connectivity index (χ3v) is 12.0. The van der Waals surface area contributed by atoms with Crippen LogP contribution in [-0.4, -0.2) is 18.3 Å². The lowest BCUT2D eigenvalue weighted by atomic mass is 9.96. The van der Waals surface area contributed by atoms with E-state index in [0.717, 1.165) is 11.4 Å². The molecular weight excluding hydrogens is 657 g/mol. The predicted octanol–water partition coefficient (Wildman–Crippen LogP) is 12.8. The Morgan fingerprint density at radius 3 is 1.48 bits per heavy atom. The highest BCUT2D eigenvalue weighted by Gasteiger charge is 2.23. The molecule has 4 aromatic heterocycles. The van der Waals surface area contributed by atoms with E-state index >= 15 is 0 Å². The van der Waals surface area contributed by atoms with Crippen molar-refractivity contribution in [2.24, 2.45) is 14.1 Å². The molecule has 0 amide bonds. The van der Waals surface area contributed by atoms with Crippen LogP contribution in [0.5, 0.6) is 0 Å². The van der Waals surface area contributed by atoms with E-state index in [9.17, 15) is 0 Å². The fourth-order valence-corrected chi connectivity index (χ4v) is 9.67. The first-order chi connectivity index (χ1) is 26.7. The number of aryl methyl sites for hydroxylation is 2. The first-order valence-electron chi connectivity index (χ1n) is 18.7. The number of para-hydroxylation sites is 5. The summed E-state index contributed by atoms with van der Waals surface area (Å²) in [6.45, 7) is 0. The maximum Gasteiger partial charge on any atom is 0.0785 e. The lowest BCUT2D eigenvalue weighted by molar-refractivity contribution is 1.01. The normalized spacial score (nSPS) is 12.3. The molecule has 0 radical (unpaired) electrons. The number of benzene rings is 8. The van der Waals surface area contributed by atoms with E-state index in [1.165, 1.54) is 98.4 Å². The van der Waals surface area contributed by atoms with Crippen LogP contribution in [0.4, 0.5) is 0 Å². The van der Waals surface area contributed by atoms with Crippen LogP contribution in [0, 0.1) is 0 Å². The Morgan fingerprint density at radius 2 is 0.796 bits per heavy atom. The number of rotatable bonds is 3. The maximum atomic E-state index is 2.47. The largest absolute Gasteiger partial charge is 0.343 e. The smallest absolute Gasteiger partial charge is 0.0785 e. The van der Waals surface area contributed by atoms with Gasteiger partial charge in [-0.25, -0.2) is 0 Å². The molecule has 0 aliphatic heterocycles. The first kappa shape index (κ1) is 29.5. The van der Waals surface area contributed by atoms with Gasteiger partial charge in [0.1, 0.15) is 0 Å². The Balaban J connectivity index is 1.16. The number of hydrogen-bond donors (Lipinski definition) is 0. The molecule has 0 N–H and O–H groups in total. The Hall–Kier alpha value is -7.04. The number of fused-ring (bicyclic) bond motifs is 14. The minimum absolute atomic E-state index is 1.15. The summed E-state index contributed by atoms with van der Waals surface area (Å²) >= 11 is 0. The number of nitrogens with zero attached hydrogens (tertiary/aromatic N) is 4. The standard InChI is InChI=1S/C50H34N4/c1-51-41-20-10-6-16-34(41)36-28-29-37-35-17-7-12-22-43(35)54(49(37)48(36)51)33-26-24-31(25-27-33)40-30-45-47(50-46(40)38-18-8-11-21-42(38)52(50)2)39-19-9-13-23-44(39)53(45)32-14-4-3-5-15-32/h3-30H,1-2H3. The average molecular weight is 691 g/mol. The second kappa shape index (κ2) is 10.8. The van der Waals surface area contributed by atoms with Gasteiger partial charge in [-0.2, -0.15) is 0 Å². The summed E-state index contributed by atoms with van der Waals surface area (Å²) in [6, 6.07) is 62.4. The summed E-state index contributed by atoms with van der Waals surface area (Å²) in [7, 11) is 4.43. The van der Waals surface area contributed by atoms with E-state index in [2.05, 4.69) is 202 Å². The Morgan fingerprint density at radius 1 is 0.315 bits per heavy atom. The SMILES string of the molecule is Cn1c2ccccc2c2c(-c3ccc(-n4c5ccccc5c5ccc6c7ccccc7n(C)c6c54)cc3)cc3c(c4ccccc4n3-c3ccccc3)c21. The van der Waals surface area contributed by atoms with Gasteiger partial charge in [0.25, 0.3) is 0 Å². The van der Waals surface area contributed by atoms with Crippen LogP contribution >= 0.6 is 0 Å². The molecule has 0 saturated carbocycles. The molecule has 4 heterocycles. The first-order valence-corrected chi connectivity index (χ1v) is 18.7. The quantitative estimate of drug-likeness (QED) is 0.176. The van der Waals surface area contributed by atoms with E-state index in [1.54, 1.807) is 0 Å². The third kappa shape index (κ3) is 3.76. The van der Waals surface area contributed by atoms with E-state index in [0.29, 0.717) is 0 Å². The molecule has 12 rings (SSSR count). The molecular formula is C50H34N4. The Labute approximate surface area is 310 Å². The van der Waals surface area contributed by atoms with Crippen LogP contribution in [0.3, 0.4) is 0 Å². The Bertz CT molecular complexity index is 3500. The highest BCUT2D eigenvalue weighted by molar-refractivity contribution is 6.29. The van der Waals surface area contributed by atoms with Gasteiger partial charge in [0.2, 0.25) is 0 Å². The van der Waals surface area contributed by atoms with Crippen molar-refractivity contribution in [2.45, 2.75) is 0 Å². The van der Waals surface area contributed by atoms with Gasteiger partial charge in [0.15, 0.2) is 0 Å². The predicted molar refractivity (Wildman–Crippen MR) is 229 cm³/mol. The molecule has 0 aliphatic carbocycles. The van der Waals surface area contributed by atoms with Crippen LogP contribution in [0.15, 0.2) is 170 Å². The molecule has 0 aliphatic rings. The monoisotopic (exact) mass is 690 g/mol. The average Bonchev–Trinajstić information content (AvgIpc) is 3.93. The molecule has 12 aromatic rings. The molecule has 0 unspecified atom stereocenters. The van der Waals surface area contributed by atoms with E-state index in [-0.39, 0.29) is 0 Å². The summed E-state index contributed by atoms with van der Waals surface area (Å²) in [5.74, 6) is 0. The van der Waals surface area contributed by atoms with Crippen molar-refractivity contribution in [1.82, 2.24) is 18.3 Å². The summed E-state index contributed by atoms with van der Waals surface area (Å²) in [5, 5.41) is 10.2. The van der Waals surface area contributed by atoms with Crippen molar-refractivity contribution >= 4 is 87.2 Å². The zero-order chi connectivity index (χ0) is 35.7. The molecule has 0 atom stereocenters. The van der Waals surface area contributed by atoms with Crippen molar-refractivity contribution in [3.05, 3.63) is 170 Å². The minimum atomic E-state index is 1.15.